The first-order valence-electron chi connectivity index (χ1n) is 12.2. The molecule has 0 saturated heterocycles. The van der Waals surface area contributed by atoms with Crippen molar-refractivity contribution >= 4 is 11.8 Å². The van der Waals surface area contributed by atoms with E-state index in [9.17, 15) is 19.8 Å². The third-order valence-corrected chi connectivity index (χ3v) is 6.81. The lowest BCUT2D eigenvalue weighted by Gasteiger charge is -2.40. The van der Waals surface area contributed by atoms with Crippen LogP contribution < -0.4 is 19.5 Å². The summed E-state index contributed by atoms with van der Waals surface area (Å²) in [6, 6.07) is 12.1. The van der Waals surface area contributed by atoms with Crippen molar-refractivity contribution in [1.82, 2.24) is 10.2 Å². The minimum Gasteiger partial charge on any atom is -0.486 e. The summed E-state index contributed by atoms with van der Waals surface area (Å²) in [7, 11) is 0. The molecule has 2 heterocycles. The highest BCUT2D eigenvalue weighted by Crippen LogP contribution is 2.47. The van der Waals surface area contributed by atoms with E-state index in [0.29, 0.717) is 35.7 Å². The van der Waals surface area contributed by atoms with Crippen LogP contribution in [0.4, 0.5) is 0 Å². The predicted molar refractivity (Wildman–Crippen MR) is 130 cm³/mol. The largest absolute Gasteiger partial charge is 0.486 e. The van der Waals surface area contributed by atoms with Gasteiger partial charge in [0.05, 0.1) is 18.6 Å². The molecule has 0 saturated carbocycles. The molecule has 3 N–H and O–H groups in total. The second-order valence-corrected chi connectivity index (χ2v) is 9.14. The van der Waals surface area contributed by atoms with E-state index in [4.69, 9.17) is 14.2 Å². The van der Waals surface area contributed by atoms with Gasteiger partial charge in [0.2, 0.25) is 18.6 Å². The minimum atomic E-state index is -1.06. The van der Waals surface area contributed by atoms with Crippen LogP contribution in [0.3, 0.4) is 0 Å². The van der Waals surface area contributed by atoms with Gasteiger partial charge in [0, 0.05) is 30.6 Å². The molecular weight excluding hydrogens is 464 g/mol. The maximum absolute atomic E-state index is 13.3. The molecule has 36 heavy (non-hydrogen) atoms. The molecule has 4 unspecified atom stereocenters. The maximum Gasteiger partial charge on any atom is 0.247 e. The molecule has 9 nitrogen and oxygen atoms in total. The van der Waals surface area contributed by atoms with E-state index < -0.39 is 24.2 Å². The van der Waals surface area contributed by atoms with Gasteiger partial charge in [0.25, 0.3) is 0 Å². The lowest BCUT2D eigenvalue weighted by atomic mass is 9.77. The number of ether oxygens (including phenoxy) is 3. The van der Waals surface area contributed by atoms with Gasteiger partial charge in [0.15, 0.2) is 11.5 Å². The monoisotopic (exact) mass is 494 g/mol. The molecule has 4 atom stereocenters. The molecule has 0 spiro atoms. The van der Waals surface area contributed by atoms with E-state index in [2.05, 4.69) is 5.32 Å². The Kier molecular flexibility index (Phi) is 6.84. The summed E-state index contributed by atoms with van der Waals surface area (Å²) in [4.78, 5) is 28.1. The van der Waals surface area contributed by atoms with Gasteiger partial charge in [-0.3, -0.25) is 9.59 Å². The van der Waals surface area contributed by atoms with Gasteiger partial charge in [0.1, 0.15) is 18.0 Å². The smallest absolute Gasteiger partial charge is 0.247 e. The third-order valence-electron chi connectivity index (χ3n) is 6.81. The summed E-state index contributed by atoms with van der Waals surface area (Å²) in [5, 5.41) is 23.5. The first kappa shape index (κ1) is 24.1. The van der Waals surface area contributed by atoms with Crippen molar-refractivity contribution in [1.29, 1.82) is 0 Å². The lowest BCUT2D eigenvalue weighted by molar-refractivity contribution is -0.138. The Morgan fingerprint density at radius 2 is 1.92 bits per heavy atom. The van der Waals surface area contributed by atoms with Crippen LogP contribution in [0.25, 0.3) is 0 Å². The predicted octanol–water partition coefficient (Wildman–Crippen LogP) is 1.87. The lowest BCUT2D eigenvalue weighted by Crippen LogP contribution is -2.55. The fraction of sp³-hybridized carbons (Fsp3) is 0.407. The van der Waals surface area contributed by atoms with Crippen molar-refractivity contribution in [2.24, 2.45) is 0 Å². The van der Waals surface area contributed by atoms with E-state index in [0.717, 1.165) is 11.1 Å². The maximum atomic E-state index is 13.3. The Labute approximate surface area is 209 Å². The molecule has 1 aliphatic carbocycles. The quantitative estimate of drug-likeness (QED) is 0.513. The number of nitrogens with zero attached hydrogens (tertiary/aromatic N) is 1. The van der Waals surface area contributed by atoms with E-state index in [-0.39, 0.29) is 38.3 Å². The Hall–Kier alpha value is -3.56. The van der Waals surface area contributed by atoms with E-state index in [1.807, 2.05) is 43.3 Å². The second-order valence-electron chi connectivity index (χ2n) is 9.14. The normalized spacial score (nSPS) is 23.2. The minimum absolute atomic E-state index is 0.0962. The Bertz CT molecular complexity index is 1180. The van der Waals surface area contributed by atoms with Crippen molar-refractivity contribution in [3.8, 4) is 17.2 Å². The van der Waals surface area contributed by atoms with Gasteiger partial charge in [-0.15, -0.1) is 0 Å². The molecule has 2 amide bonds. The molecule has 0 radical (unpaired) electrons. The van der Waals surface area contributed by atoms with Crippen LogP contribution in [-0.2, 0) is 16.1 Å². The molecule has 0 fully saturated rings. The average molecular weight is 495 g/mol. The highest BCUT2D eigenvalue weighted by atomic mass is 16.7. The van der Waals surface area contributed by atoms with Crippen LogP contribution in [-0.4, -0.2) is 65.1 Å². The van der Waals surface area contributed by atoms with Crippen molar-refractivity contribution < 1.29 is 34.0 Å². The van der Waals surface area contributed by atoms with Crippen LogP contribution in [0.2, 0.25) is 0 Å². The zero-order chi connectivity index (χ0) is 25.2. The van der Waals surface area contributed by atoms with Crippen molar-refractivity contribution in [2.45, 2.75) is 50.5 Å². The van der Waals surface area contributed by atoms with Gasteiger partial charge < -0.3 is 34.6 Å². The number of fused-ring (bicyclic) bond motifs is 4. The highest BCUT2D eigenvalue weighted by molar-refractivity contribution is 5.96. The van der Waals surface area contributed by atoms with Crippen LogP contribution in [0.15, 0.2) is 54.1 Å². The number of hydrogen-bond acceptors (Lipinski definition) is 7. The molecule has 190 valence electrons. The zero-order valence-electron chi connectivity index (χ0n) is 20.1. The van der Waals surface area contributed by atoms with Crippen molar-refractivity contribution in [3.05, 3.63) is 65.2 Å². The Balaban J connectivity index is 1.53. The molecule has 0 aromatic heterocycles. The van der Waals surface area contributed by atoms with E-state index in [1.54, 1.807) is 17.0 Å². The van der Waals surface area contributed by atoms with Gasteiger partial charge in [-0.2, -0.15) is 0 Å². The fourth-order valence-electron chi connectivity index (χ4n) is 5.14. The van der Waals surface area contributed by atoms with Crippen molar-refractivity contribution in [2.75, 3.05) is 19.9 Å². The molecule has 5 rings (SSSR count). The van der Waals surface area contributed by atoms with Crippen LogP contribution in [0, 0.1) is 0 Å². The topological polar surface area (TPSA) is 118 Å². The van der Waals surface area contributed by atoms with Gasteiger partial charge in [-0.1, -0.05) is 31.2 Å². The average Bonchev–Trinajstić information content (AvgIpc) is 3.51. The van der Waals surface area contributed by atoms with Crippen LogP contribution in [0.1, 0.15) is 36.8 Å². The fourth-order valence-corrected chi connectivity index (χ4v) is 5.14. The molecule has 9 heteroatoms. The summed E-state index contributed by atoms with van der Waals surface area (Å²) < 4.78 is 17.0. The molecule has 2 aromatic carbocycles. The zero-order valence-corrected chi connectivity index (χ0v) is 20.1. The molecule has 2 aromatic rings. The molecule has 0 bridgehead atoms. The Morgan fingerprint density at radius 3 is 2.72 bits per heavy atom. The summed E-state index contributed by atoms with van der Waals surface area (Å²) in [5.74, 6) is 0.872. The summed E-state index contributed by atoms with van der Waals surface area (Å²) in [6.07, 6.45) is 0.821. The van der Waals surface area contributed by atoms with E-state index >= 15 is 0 Å². The van der Waals surface area contributed by atoms with Gasteiger partial charge >= 0.3 is 0 Å². The second kappa shape index (κ2) is 10.2. The first-order valence-corrected chi connectivity index (χ1v) is 12.2. The number of carbonyl (C=O) groups is 2. The number of hydrogen-bond donors (Lipinski definition) is 3. The van der Waals surface area contributed by atoms with Gasteiger partial charge in [-0.05, 0) is 36.3 Å². The SMILES string of the molecule is CCCC(=O)N(Cc1ccc2c(c1)OCO2)C1C=C(C(=O)NCCO)C2c3ccccc3OC2C1O. The Morgan fingerprint density at radius 1 is 1.11 bits per heavy atom. The first-order chi connectivity index (χ1) is 17.5. The summed E-state index contributed by atoms with van der Waals surface area (Å²) >= 11 is 0. The highest BCUT2D eigenvalue weighted by Gasteiger charge is 2.50. The number of aliphatic hydroxyl groups is 2. The van der Waals surface area contributed by atoms with Crippen molar-refractivity contribution in [3.63, 3.8) is 0 Å². The van der Waals surface area contributed by atoms with Gasteiger partial charge in [-0.25, -0.2) is 0 Å². The molecular formula is C27H30N2O7. The summed E-state index contributed by atoms with van der Waals surface area (Å²) in [5.41, 5.74) is 2.04. The van der Waals surface area contributed by atoms with Crippen LogP contribution in [0.5, 0.6) is 17.2 Å². The number of para-hydroxylation sites is 1. The number of carbonyl (C=O) groups excluding carboxylic acids is 2. The number of amides is 2. The standard InChI is InChI=1S/C27H30N2O7/c1-2-5-23(31)29(14-16-8-9-21-22(12-16)35-15-34-21)19-13-18(27(33)28-10-11-30)24-17-6-3-4-7-20(17)36-26(24)25(19)32/h3-4,6-9,12-13,19,24-26,30,32H,2,5,10-11,14-15H2,1H3,(H,28,33). The number of nitrogens with one attached hydrogen (secondary N) is 1. The molecule has 2 aliphatic heterocycles. The number of benzene rings is 2. The van der Waals surface area contributed by atoms with Crippen LogP contribution >= 0.6 is 0 Å². The number of rotatable bonds is 8. The number of aliphatic hydroxyl groups excluding tert-OH is 2. The summed E-state index contributed by atoms with van der Waals surface area (Å²) in [6.45, 7) is 2.18. The molecule has 3 aliphatic rings. The third kappa shape index (κ3) is 4.40. The van der Waals surface area contributed by atoms with E-state index in [1.165, 1.54) is 0 Å².